The molecular formula is C25H36N6O3. The molecule has 1 saturated heterocycles. The van der Waals surface area contributed by atoms with Gasteiger partial charge in [0.05, 0.1) is 18.9 Å². The zero-order chi connectivity index (χ0) is 24.1. The lowest BCUT2D eigenvalue weighted by atomic mass is 9.89. The van der Waals surface area contributed by atoms with E-state index in [-0.39, 0.29) is 17.8 Å². The number of aryl methyl sites for hydroxylation is 1. The van der Waals surface area contributed by atoms with Crippen molar-refractivity contribution in [1.29, 1.82) is 0 Å². The molecule has 2 aliphatic rings. The minimum absolute atomic E-state index is 0.114. The van der Waals surface area contributed by atoms with Crippen LogP contribution in [-0.2, 0) is 6.42 Å². The molecule has 9 heteroatoms. The number of rotatable bonds is 8. The summed E-state index contributed by atoms with van der Waals surface area (Å²) in [4.78, 5) is 21.5. The van der Waals surface area contributed by atoms with Gasteiger partial charge in [0.1, 0.15) is 11.6 Å². The number of nitrogens with zero attached hydrogens (tertiary/aromatic N) is 2. The van der Waals surface area contributed by atoms with Crippen LogP contribution in [0, 0.1) is 0 Å². The highest BCUT2D eigenvalue weighted by Gasteiger charge is 2.24. The van der Waals surface area contributed by atoms with Crippen LogP contribution in [0.5, 0.6) is 5.75 Å². The van der Waals surface area contributed by atoms with Crippen molar-refractivity contribution in [1.82, 2.24) is 15.3 Å². The average molecular weight is 469 g/mol. The summed E-state index contributed by atoms with van der Waals surface area (Å²) in [6.45, 7) is 3.98. The zero-order valence-corrected chi connectivity index (χ0v) is 20.1. The number of nitrogens with one attached hydrogen (secondary N) is 3. The van der Waals surface area contributed by atoms with Gasteiger partial charge < -0.3 is 31.5 Å². The summed E-state index contributed by atoms with van der Waals surface area (Å²) >= 11 is 0. The van der Waals surface area contributed by atoms with Crippen LogP contribution in [0.25, 0.3) is 0 Å². The molecule has 34 heavy (non-hydrogen) atoms. The summed E-state index contributed by atoms with van der Waals surface area (Å²) in [6.07, 6.45) is 5.79. The number of benzene rings is 1. The Morgan fingerprint density at radius 2 is 1.88 bits per heavy atom. The summed E-state index contributed by atoms with van der Waals surface area (Å²) in [5.74, 6) is 1.61. The zero-order valence-electron chi connectivity index (χ0n) is 20.1. The van der Waals surface area contributed by atoms with Crippen molar-refractivity contribution in [2.45, 2.75) is 69.9 Å². The normalized spacial score (nSPS) is 21.1. The van der Waals surface area contributed by atoms with Gasteiger partial charge in [-0.3, -0.25) is 4.79 Å². The van der Waals surface area contributed by atoms with E-state index >= 15 is 0 Å². The van der Waals surface area contributed by atoms with Gasteiger partial charge in [0, 0.05) is 17.8 Å². The quantitative estimate of drug-likeness (QED) is 0.399. The number of aliphatic hydroxyl groups is 1. The number of amides is 1. The molecule has 0 bridgehead atoms. The van der Waals surface area contributed by atoms with E-state index in [1.165, 1.54) is 5.56 Å². The van der Waals surface area contributed by atoms with E-state index in [1.54, 1.807) is 7.11 Å². The van der Waals surface area contributed by atoms with Crippen LogP contribution in [-0.4, -0.2) is 53.3 Å². The Kier molecular flexibility index (Phi) is 7.84. The number of aliphatic hydroxyl groups excluding tert-OH is 1. The standard InChI is InChI=1S/C25H36N6O3/c1-3-20-24(28-16-4-7-18(32)8-5-16)31-25(22(30-20)23(26)33)29-17-6-9-19(21(14-17)34-2)15-10-12-27-13-11-15/h6,9,14-16,18,27,32H,3-5,7-8,10-13H2,1-2H3,(H2,26,33)(H2,28,29,31). The van der Waals surface area contributed by atoms with Crippen molar-refractivity contribution in [3.05, 3.63) is 35.2 Å². The Morgan fingerprint density at radius 3 is 2.53 bits per heavy atom. The van der Waals surface area contributed by atoms with Crippen molar-refractivity contribution >= 4 is 23.2 Å². The summed E-state index contributed by atoms with van der Waals surface area (Å²) in [5.41, 5.74) is 8.42. The van der Waals surface area contributed by atoms with E-state index in [1.807, 2.05) is 19.1 Å². The first-order valence-electron chi connectivity index (χ1n) is 12.3. The second-order valence-corrected chi connectivity index (χ2v) is 9.19. The minimum Gasteiger partial charge on any atom is -0.496 e. The lowest BCUT2D eigenvalue weighted by Crippen LogP contribution is -2.29. The fraction of sp³-hybridized carbons (Fsp3) is 0.560. The number of nitrogens with two attached hydrogens (primary N) is 1. The average Bonchev–Trinajstić information content (AvgIpc) is 2.86. The molecule has 0 unspecified atom stereocenters. The Hall–Kier alpha value is -2.91. The molecule has 1 saturated carbocycles. The van der Waals surface area contributed by atoms with Crippen molar-refractivity contribution in [3.63, 3.8) is 0 Å². The molecule has 2 aromatic rings. The molecule has 1 aliphatic heterocycles. The van der Waals surface area contributed by atoms with Crippen molar-refractivity contribution in [2.24, 2.45) is 5.73 Å². The smallest absolute Gasteiger partial charge is 0.271 e. The molecule has 9 nitrogen and oxygen atoms in total. The van der Waals surface area contributed by atoms with Gasteiger partial charge in [0.25, 0.3) is 5.91 Å². The summed E-state index contributed by atoms with van der Waals surface area (Å²) in [5, 5.41) is 19.9. The predicted octanol–water partition coefficient (Wildman–Crippen LogP) is 3.07. The number of carbonyl (C=O) groups is 1. The van der Waals surface area contributed by atoms with Gasteiger partial charge in [-0.1, -0.05) is 13.0 Å². The number of aromatic nitrogens is 2. The first-order valence-corrected chi connectivity index (χ1v) is 12.3. The van der Waals surface area contributed by atoms with Crippen LogP contribution in [0.1, 0.15) is 73.1 Å². The summed E-state index contributed by atoms with van der Waals surface area (Å²) in [6, 6.07) is 6.21. The molecule has 0 spiro atoms. The SMILES string of the molecule is CCc1nc(C(N)=O)c(Nc2ccc(C3CCNCC3)c(OC)c2)nc1NC1CCC(O)CC1. The van der Waals surface area contributed by atoms with Gasteiger partial charge in [-0.25, -0.2) is 9.97 Å². The van der Waals surface area contributed by atoms with Crippen LogP contribution in [0.15, 0.2) is 18.2 Å². The third-order valence-electron chi connectivity index (χ3n) is 6.85. The molecule has 2 fully saturated rings. The minimum atomic E-state index is -0.629. The van der Waals surface area contributed by atoms with Gasteiger partial charge in [-0.15, -0.1) is 0 Å². The first kappa shape index (κ1) is 24.2. The van der Waals surface area contributed by atoms with E-state index in [2.05, 4.69) is 27.0 Å². The maximum Gasteiger partial charge on any atom is 0.271 e. The van der Waals surface area contributed by atoms with Crippen molar-refractivity contribution in [2.75, 3.05) is 30.8 Å². The molecule has 184 valence electrons. The largest absolute Gasteiger partial charge is 0.496 e. The molecule has 0 atom stereocenters. The molecule has 1 aromatic heterocycles. The van der Waals surface area contributed by atoms with Crippen LogP contribution in [0.2, 0.25) is 0 Å². The molecule has 2 heterocycles. The maximum absolute atomic E-state index is 12.2. The molecular weight excluding hydrogens is 432 g/mol. The fourth-order valence-corrected chi connectivity index (χ4v) is 4.90. The number of piperidine rings is 1. The highest BCUT2D eigenvalue weighted by atomic mass is 16.5. The number of primary amides is 1. The van der Waals surface area contributed by atoms with Crippen LogP contribution >= 0.6 is 0 Å². The monoisotopic (exact) mass is 468 g/mol. The Balaban J connectivity index is 1.61. The molecule has 4 rings (SSSR count). The Labute approximate surface area is 200 Å². The molecule has 1 aliphatic carbocycles. The summed E-state index contributed by atoms with van der Waals surface area (Å²) in [7, 11) is 1.68. The third-order valence-corrected chi connectivity index (χ3v) is 6.85. The number of anilines is 3. The Bertz CT molecular complexity index is 1000. The Morgan fingerprint density at radius 1 is 1.15 bits per heavy atom. The summed E-state index contributed by atoms with van der Waals surface area (Å²) < 4.78 is 5.70. The van der Waals surface area contributed by atoms with E-state index < -0.39 is 5.91 Å². The second-order valence-electron chi connectivity index (χ2n) is 9.19. The topological polar surface area (TPSA) is 134 Å². The number of hydrogen-bond donors (Lipinski definition) is 5. The van der Waals surface area contributed by atoms with E-state index in [9.17, 15) is 9.90 Å². The van der Waals surface area contributed by atoms with Gasteiger partial charge >= 0.3 is 0 Å². The van der Waals surface area contributed by atoms with Crippen LogP contribution < -0.4 is 26.4 Å². The lowest BCUT2D eigenvalue weighted by Gasteiger charge is -2.27. The first-order chi connectivity index (χ1) is 16.5. The van der Waals surface area contributed by atoms with Gasteiger partial charge in [0.2, 0.25) is 0 Å². The number of ether oxygens (including phenoxy) is 1. The van der Waals surface area contributed by atoms with Crippen LogP contribution in [0.3, 0.4) is 0 Å². The predicted molar refractivity (Wildman–Crippen MR) is 133 cm³/mol. The van der Waals surface area contributed by atoms with Gasteiger partial charge in [0.15, 0.2) is 11.5 Å². The highest BCUT2D eigenvalue weighted by Crippen LogP contribution is 2.35. The molecule has 1 aromatic carbocycles. The highest BCUT2D eigenvalue weighted by molar-refractivity contribution is 5.96. The maximum atomic E-state index is 12.2. The fourth-order valence-electron chi connectivity index (χ4n) is 4.90. The number of methoxy groups -OCH3 is 1. The van der Waals surface area contributed by atoms with E-state index in [4.69, 9.17) is 15.5 Å². The van der Waals surface area contributed by atoms with Gasteiger partial charge in [-0.05, 0) is 75.6 Å². The van der Waals surface area contributed by atoms with E-state index in [0.717, 1.165) is 63.1 Å². The number of carbonyl (C=O) groups excluding carboxylic acids is 1. The lowest BCUT2D eigenvalue weighted by molar-refractivity contribution is 0.0996. The van der Waals surface area contributed by atoms with Crippen molar-refractivity contribution in [3.8, 4) is 5.75 Å². The molecule has 1 amide bonds. The van der Waals surface area contributed by atoms with Crippen molar-refractivity contribution < 1.29 is 14.6 Å². The molecule has 6 N–H and O–H groups in total. The molecule has 0 radical (unpaired) electrons. The van der Waals surface area contributed by atoms with Gasteiger partial charge in [-0.2, -0.15) is 0 Å². The van der Waals surface area contributed by atoms with E-state index in [0.29, 0.717) is 29.7 Å². The third kappa shape index (κ3) is 5.59. The second kappa shape index (κ2) is 11.0. The number of hydrogen-bond acceptors (Lipinski definition) is 8. The van der Waals surface area contributed by atoms with Crippen LogP contribution in [0.4, 0.5) is 17.3 Å².